The molecule has 1 rings (SSSR count). The topological polar surface area (TPSA) is 33.3 Å². The summed E-state index contributed by atoms with van der Waals surface area (Å²) in [7, 11) is 0. The normalized spacial score (nSPS) is 12.1. The van der Waals surface area contributed by atoms with Crippen LogP contribution in [-0.4, -0.2) is 24.9 Å². The van der Waals surface area contributed by atoms with E-state index in [0.717, 1.165) is 37.7 Å². The van der Waals surface area contributed by atoms with Crippen LogP contribution in [0.2, 0.25) is 0 Å². The van der Waals surface area contributed by atoms with Crippen LogP contribution in [0.5, 0.6) is 0 Å². The van der Waals surface area contributed by atoms with Crippen molar-refractivity contribution in [3.8, 4) is 0 Å². The summed E-state index contributed by atoms with van der Waals surface area (Å²) in [6.07, 6.45) is 2.01. The lowest BCUT2D eigenvalue weighted by Gasteiger charge is -2.18. The van der Waals surface area contributed by atoms with Gasteiger partial charge in [-0.1, -0.05) is 13.0 Å². The molecule has 102 valence electrons. The van der Waals surface area contributed by atoms with Gasteiger partial charge in [0.2, 0.25) is 0 Å². The largest absolute Gasteiger partial charge is 0.382 e. The Labute approximate surface area is 119 Å². The van der Waals surface area contributed by atoms with Gasteiger partial charge in [-0.2, -0.15) is 0 Å². The molecule has 1 atom stereocenters. The van der Waals surface area contributed by atoms with E-state index in [9.17, 15) is 0 Å². The SMILES string of the molecule is CCOCCCNC(=S)NC(CC)c1cccs1. The van der Waals surface area contributed by atoms with Crippen molar-refractivity contribution in [1.82, 2.24) is 10.6 Å². The number of ether oxygens (including phenoxy) is 1. The van der Waals surface area contributed by atoms with Gasteiger partial charge in [0.15, 0.2) is 5.11 Å². The van der Waals surface area contributed by atoms with Crippen LogP contribution < -0.4 is 10.6 Å². The maximum atomic E-state index is 5.29. The highest BCUT2D eigenvalue weighted by Gasteiger charge is 2.10. The third-order valence-electron chi connectivity index (χ3n) is 2.56. The van der Waals surface area contributed by atoms with Crippen LogP contribution in [0.3, 0.4) is 0 Å². The fourth-order valence-electron chi connectivity index (χ4n) is 1.59. The molecule has 0 fully saturated rings. The van der Waals surface area contributed by atoms with Crippen molar-refractivity contribution in [3.63, 3.8) is 0 Å². The molecule has 0 bridgehead atoms. The quantitative estimate of drug-likeness (QED) is 0.568. The molecule has 5 heteroatoms. The Hall–Kier alpha value is -0.650. The molecular weight excluding hydrogens is 264 g/mol. The predicted octanol–water partition coefficient (Wildman–Crippen LogP) is 3.09. The summed E-state index contributed by atoms with van der Waals surface area (Å²) in [6.45, 7) is 6.58. The van der Waals surface area contributed by atoms with E-state index >= 15 is 0 Å². The third-order valence-corrected chi connectivity index (χ3v) is 3.80. The molecule has 0 radical (unpaired) electrons. The van der Waals surface area contributed by atoms with Crippen molar-refractivity contribution in [3.05, 3.63) is 22.4 Å². The van der Waals surface area contributed by atoms with Gasteiger partial charge in [-0.25, -0.2) is 0 Å². The summed E-state index contributed by atoms with van der Waals surface area (Å²) in [5.74, 6) is 0. The monoisotopic (exact) mass is 286 g/mol. The van der Waals surface area contributed by atoms with Crippen LogP contribution in [0.15, 0.2) is 17.5 Å². The molecule has 0 spiro atoms. The highest BCUT2D eigenvalue weighted by molar-refractivity contribution is 7.80. The van der Waals surface area contributed by atoms with E-state index in [0.29, 0.717) is 6.04 Å². The first-order chi connectivity index (χ1) is 8.77. The second-order valence-corrected chi connectivity index (χ2v) is 5.31. The first kappa shape index (κ1) is 15.4. The number of hydrogen-bond acceptors (Lipinski definition) is 3. The molecule has 0 saturated carbocycles. The molecule has 0 aromatic carbocycles. The molecule has 18 heavy (non-hydrogen) atoms. The van der Waals surface area contributed by atoms with Crippen molar-refractivity contribution in [2.45, 2.75) is 32.7 Å². The van der Waals surface area contributed by atoms with Crippen LogP contribution in [0.1, 0.15) is 37.6 Å². The summed E-state index contributed by atoms with van der Waals surface area (Å²) in [6, 6.07) is 4.53. The van der Waals surface area contributed by atoms with Crippen LogP contribution in [0, 0.1) is 0 Å². The number of hydrogen-bond donors (Lipinski definition) is 2. The second kappa shape index (κ2) is 9.30. The lowest BCUT2D eigenvalue weighted by Crippen LogP contribution is -2.38. The molecule has 1 aromatic heterocycles. The minimum Gasteiger partial charge on any atom is -0.382 e. The Bertz CT molecular complexity index is 328. The van der Waals surface area contributed by atoms with Gasteiger partial charge >= 0.3 is 0 Å². The summed E-state index contributed by atoms with van der Waals surface area (Å²) < 4.78 is 5.27. The van der Waals surface area contributed by atoms with Gasteiger partial charge < -0.3 is 15.4 Å². The third kappa shape index (κ3) is 5.80. The van der Waals surface area contributed by atoms with Crippen LogP contribution >= 0.6 is 23.6 Å². The summed E-state index contributed by atoms with van der Waals surface area (Å²) in [5.41, 5.74) is 0. The number of nitrogens with one attached hydrogen (secondary N) is 2. The van der Waals surface area contributed by atoms with Gasteiger partial charge in [-0.05, 0) is 43.4 Å². The molecule has 0 aliphatic rings. The lowest BCUT2D eigenvalue weighted by atomic mass is 10.2. The number of thiocarbonyl (C=S) groups is 1. The van der Waals surface area contributed by atoms with Gasteiger partial charge in [0.1, 0.15) is 0 Å². The van der Waals surface area contributed by atoms with Gasteiger partial charge in [-0.3, -0.25) is 0 Å². The standard InChI is InChI=1S/C13H22N2OS2/c1-3-11(12-7-5-10-18-12)15-13(17)14-8-6-9-16-4-2/h5,7,10-11H,3-4,6,8-9H2,1-2H3,(H2,14,15,17). The van der Waals surface area contributed by atoms with Crippen LogP contribution in [0.25, 0.3) is 0 Å². The fraction of sp³-hybridized carbons (Fsp3) is 0.615. The average Bonchev–Trinajstić information content (AvgIpc) is 2.89. The molecule has 1 unspecified atom stereocenters. The lowest BCUT2D eigenvalue weighted by molar-refractivity contribution is 0.145. The highest BCUT2D eigenvalue weighted by atomic mass is 32.1. The van der Waals surface area contributed by atoms with E-state index in [2.05, 4.69) is 35.1 Å². The van der Waals surface area contributed by atoms with E-state index in [-0.39, 0.29) is 0 Å². The van der Waals surface area contributed by atoms with Gasteiger partial charge in [0.05, 0.1) is 6.04 Å². The zero-order valence-corrected chi connectivity index (χ0v) is 12.7. The summed E-state index contributed by atoms with van der Waals surface area (Å²) in [4.78, 5) is 1.33. The van der Waals surface area contributed by atoms with E-state index in [4.69, 9.17) is 17.0 Å². The molecule has 0 aliphatic carbocycles. The first-order valence-corrected chi connectivity index (χ1v) is 7.72. The Kier molecular flexibility index (Phi) is 7.96. The van der Waals surface area contributed by atoms with Crippen molar-refractivity contribution in [2.24, 2.45) is 0 Å². The fourth-order valence-corrected chi connectivity index (χ4v) is 2.70. The molecule has 0 saturated heterocycles. The van der Waals surface area contributed by atoms with E-state index in [1.54, 1.807) is 11.3 Å². The minimum absolute atomic E-state index is 0.317. The highest BCUT2D eigenvalue weighted by Crippen LogP contribution is 2.21. The van der Waals surface area contributed by atoms with Gasteiger partial charge in [-0.15, -0.1) is 11.3 Å². The molecule has 0 aliphatic heterocycles. The maximum Gasteiger partial charge on any atom is 0.166 e. The zero-order valence-electron chi connectivity index (χ0n) is 11.1. The molecule has 1 heterocycles. The van der Waals surface area contributed by atoms with Gasteiger partial charge in [0.25, 0.3) is 0 Å². The minimum atomic E-state index is 0.317. The summed E-state index contributed by atoms with van der Waals surface area (Å²) >= 11 is 7.05. The summed E-state index contributed by atoms with van der Waals surface area (Å²) in [5, 5.41) is 9.39. The van der Waals surface area contributed by atoms with Crippen molar-refractivity contribution < 1.29 is 4.74 Å². The molecule has 0 amide bonds. The number of rotatable bonds is 8. The van der Waals surface area contributed by atoms with Gasteiger partial charge in [0, 0.05) is 24.6 Å². The van der Waals surface area contributed by atoms with Crippen molar-refractivity contribution >= 4 is 28.7 Å². The molecule has 2 N–H and O–H groups in total. The number of thiophene rings is 1. The maximum absolute atomic E-state index is 5.29. The Morgan fingerprint density at radius 2 is 2.33 bits per heavy atom. The zero-order chi connectivity index (χ0) is 13.2. The Morgan fingerprint density at radius 1 is 1.50 bits per heavy atom. The predicted molar refractivity (Wildman–Crippen MR) is 82.2 cm³/mol. The van der Waals surface area contributed by atoms with Crippen molar-refractivity contribution in [1.29, 1.82) is 0 Å². The van der Waals surface area contributed by atoms with E-state index in [1.165, 1.54) is 4.88 Å². The smallest absolute Gasteiger partial charge is 0.166 e. The first-order valence-electron chi connectivity index (χ1n) is 6.43. The average molecular weight is 286 g/mol. The van der Waals surface area contributed by atoms with Crippen LogP contribution in [-0.2, 0) is 4.74 Å². The molecule has 3 nitrogen and oxygen atoms in total. The van der Waals surface area contributed by atoms with Crippen LogP contribution in [0.4, 0.5) is 0 Å². The molecular formula is C13H22N2OS2. The Morgan fingerprint density at radius 3 is 2.94 bits per heavy atom. The van der Waals surface area contributed by atoms with Crippen molar-refractivity contribution in [2.75, 3.05) is 19.8 Å². The second-order valence-electron chi connectivity index (χ2n) is 3.93. The van der Waals surface area contributed by atoms with E-state index < -0.39 is 0 Å². The Balaban J connectivity index is 2.22. The van der Waals surface area contributed by atoms with E-state index in [1.807, 2.05) is 6.92 Å². The molecule has 1 aromatic rings.